The molecule has 0 aliphatic heterocycles. The van der Waals surface area contributed by atoms with Crippen LogP contribution in [0.1, 0.15) is 20.8 Å². The summed E-state index contributed by atoms with van der Waals surface area (Å²) in [6, 6.07) is 31.0. The molecule has 0 aliphatic carbocycles. The van der Waals surface area contributed by atoms with E-state index in [1.807, 2.05) is 60.7 Å². The summed E-state index contributed by atoms with van der Waals surface area (Å²) in [5.41, 5.74) is 2.99. The van der Waals surface area contributed by atoms with Crippen LogP contribution < -0.4 is 10.2 Å². The van der Waals surface area contributed by atoms with E-state index in [2.05, 4.69) is 10.3 Å². The van der Waals surface area contributed by atoms with Crippen molar-refractivity contribution in [2.75, 3.05) is 10.2 Å². The third-order valence-electron chi connectivity index (χ3n) is 4.52. The third-order valence-corrected chi connectivity index (χ3v) is 4.52. The number of carbonyl (C=O) groups is 2. The molecule has 1 aromatic heterocycles. The number of anilines is 3. The van der Waals surface area contributed by atoms with Gasteiger partial charge in [0.1, 0.15) is 5.69 Å². The monoisotopic (exact) mass is 393 g/mol. The van der Waals surface area contributed by atoms with Crippen LogP contribution in [0.2, 0.25) is 0 Å². The van der Waals surface area contributed by atoms with E-state index in [-0.39, 0.29) is 11.8 Å². The van der Waals surface area contributed by atoms with E-state index in [1.165, 1.54) is 0 Å². The Morgan fingerprint density at radius 1 is 0.667 bits per heavy atom. The summed E-state index contributed by atoms with van der Waals surface area (Å²) in [7, 11) is 0. The maximum absolute atomic E-state index is 13.3. The van der Waals surface area contributed by atoms with E-state index in [1.54, 1.807) is 53.6 Å². The van der Waals surface area contributed by atoms with Crippen LogP contribution in [0.3, 0.4) is 0 Å². The lowest BCUT2D eigenvalue weighted by Crippen LogP contribution is -2.25. The first-order chi connectivity index (χ1) is 14.7. The maximum atomic E-state index is 13.3. The van der Waals surface area contributed by atoms with Gasteiger partial charge in [-0.25, -0.2) is 0 Å². The number of hydrogen-bond donors (Lipinski definition) is 1. The summed E-state index contributed by atoms with van der Waals surface area (Å²) in [5.74, 6) is -0.458. The standard InChI is InChI=1S/C25H19N3O2/c29-24(23-13-7-8-18-26-23)27-20-16-14-19(15-17-20)25(30)28(21-9-3-1-4-10-21)22-11-5-2-6-12-22/h1-18H,(H,27,29). The first kappa shape index (κ1) is 19.1. The SMILES string of the molecule is O=C(Nc1ccc(C(=O)N(c2ccccc2)c2ccccc2)cc1)c1ccccn1. The predicted molar refractivity (Wildman–Crippen MR) is 118 cm³/mol. The number of nitrogens with zero attached hydrogens (tertiary/aromatic N) is 2. The Hall–Kier alpha value is -4.25. The normalized spacial score (nSPS) is 10.3. The van der Waals surface area contributed by atoms with Crippen LogP contribution in [0.25, 0.3) is 0 Å². The molecule has 5 nitrogen and oxygen atoms in total. The number of carbonyl (C=O) groups excluding carboxylic acids is 2. The van der Waals surface area contributed by atoms with E-state index in [4.69, 9.17) is 0 Å². The van der Waals surface area contributed by atoms with Crippen molar-refractivity contribution in [1.82, 2.24) is 4.98 Å². The molecule has 30 heavy (non-hydrogen) atoms. The van der Waals surface area contributed by atoms with E-state index in [9.17, 15) is 9.59 Å². The van der Waals surface area contributed by atoms with Gasteiger partial charge < -0.3 is 5.32 Å². The second kappa shape index (κ2) is 8.84. The van der Waals surface area contributed by atoms with Crippen molar-refractivity contribution in [2.24, 2.45) is 0 Å². The smallest absolute Gasteiger partial charge is 0.274 e. The average molecular weight is 393 g/mol. The fraction of sp³-hybridized carbons (Fsp3) is 0. The number of aromatic nitrogens is 1. The first-order valence-electron chi connectivity index (χ1n) is 9.49. The zero-order valence-electron chi connectivity index (χ0n) is 16.1. The van der Waals surface area contributed by atoms with Crippen LogP contribution in [0.5, 0.6) is 0 Å². The Morgan fingerprint density at radius 3 is 1.77 bits per heavy atom. The minimum absolute atomic E-state index is 0.157. The third kappa shape index (κ3) is 4.25. The van der Waals surface area contributed by atoms with Crippen molar-refractivity contribution in [3.8, 4) is 0 Å². The summed E-state index contributed by atoms with van der Waals surface area (Å²) in [6.45, 7) is 0. The van der Waals surface area contributed by atoms with Gasteiger partial charge >= 0.3 is 0 Å². The van der Waals surface area contributed by atoms with Crippen molar-refractivity contribution in [2.45, 2.75) is 0 Å². The lowest BCUT2D eigenvalue weighted by Gasteiger charge is -2.23. The Labute approximate surface area is 174 Å². The van der Waals surface area contributed by atoms with Crippen molar-refractivity contribution in [3.63, 3.8) is 0 Å². The molecular weight excluding hydrogens is 374 g/mol. The number of pyridine rings is 1. The maximum Gasteiger partial charge on any atom is 0.274 e. The molecule has 2 amide bonds. The number of para-hydroxylation sites is 2. The van der Waals surface area contributed by atoms with Gasteiger partial charge in [0.2, 0.25) is 0 Å². The molecule has 5 heteroatoms. The van der Waals surface area contributed by atoms with E-state index < -0.39 is 0 Å². The molecule has 0 saturated heterocycles. The lowest BCUT2D eigenvalue weighted by atomic mass is 10.1. The van der Waals surface area contributed by atoms with Gasteiger partial charge in [-0.1, -0.05) is 42.5 Å². The molecule has 0 saturated carbocycles. The largest absolute Gasteiger partial charge is 0.321 e. The Balaban J connectivity index is 1.58. The molecule has 0 atom stereocenters. The molecule has 4 rings (SSSR count). The van der Waals surface area contributed by atoms with Crippen molar-refractivity contribution in [1.29, 1.82) is 0 Å². The Kier molecular flexibility index (Phi) is 5.62. The molecule has 0 spiro atoms. The summed E-state index contributed by atoms with van der Waals surface area (Å²) in [4.78, 5) is 31.3. The van der Waals surface area contributed by atoms with Crippen LogP contribution in [-0.4, -0.2) is 16.8 Å². The van der Waals surface area contributed by atoms with Gasteiger partial charge in [-0.15, -0.1) is 0 Å². The lowest BCUT2D eigenvalue weighted by molar-refractivity contribution is 0.0997. The highest BCUT2D eigenvalue weighted by Gasteiger charge is 2.19. The molecule has 0 fully saturated rings. The zero-order valence-corrected chi connectivity index (χ0v) is 16.1. The number of nitrogens with one attached hydrogen (secondary N) is 1. The summed E-state index contributed by atoms with van der Waals surface area (Å²) >= 11 is 0. The van der Waals surface area contributed by atoms with Crippen LogP contribution in [0, 0.1) is 0 Å². The van der Waals surface area contributed by atoms with E-state index in [0.29, 0.717) is 16.9 Å². The minimum atomic E-state index is -0.301. The molecule has 3 aromatic carbocycles. The number of rotatable bonds is 5. The quantitative estimate of drug-likeness (QED) is 0.500. The second-order valence-electron chi connectivity index (χ2n) is 6.56. The Bertz CT molecular complexity index is 1090. The molecule has 4 aromatic rings. The fourth-order valence-electron chi connectivity index (χ4n) is 3.06. The average Bonchev–Trinajstić information content (AvgIpc) is 2.81. The second-order valence-corrected chi connectivity index (χ2v) is 6.56. The highest BCUT2D eigenvalue weighted by molar-refractivity contribution is 6.11. The van der Waals surface area contributed by atoms with Gasteiger partial charge in [0.25, 0.3) is 11.8 Å². The van der Waals surface area contributed by atoms with E-state index >= 15 is 0 Å². The van der Waals surface area contributed by atoms with Gasteiger partial charge in [-0.3, -0.25) is 19.5 Å². The first-order valence-corrected chi connectivity index (χ1v) is 9.49. The highest BCUT2D eigenvalue weighted by Crippen LogP contribution is 2.27. The molecule has 0 radical (unpaired) electrons. The molecule has 0 aliphatic rings. The van der Waals surface area contributed by atoms with Crippen LogP contribution >= 0.6 is 0 Å². The predicted octanol–water partition coefficient (Wildman–Crippen LogP) is 5.31. The van der Waals surface area contributed by atoms with Crippen LogP contribution in [0.15, 0.2) is 109 Å². The molecule has 1 heterocycles. The molecule has 146 valence electrons. The van der Waals surface area contributed by atoms with Crippen LogP contribution in [-0.2, 0) is 0 Å². The fourth-order valence-corrected chi connectivity index (χ4v) is 3.06. The van der Waals surface area contributed by atoms with Crippen molar-refractivity contribution >= 4 is 28.9 Å². The summed E-state index contributed by atoms with van der Waals surface area (Å²) in [5, 5.41) is 2.79. The minimum Gasteiger partial charge on any atom is -0.321 e. The molecular formula is C25H19N3O2. The number of hydrogen-bond acceptors (Lipinski definition) is 3. The van der Waals surface area contributed by atoms with Gasteiger partial charge in [-0.2, -0.15) is 0 Å². The molecule has 0 unspecified atom stereocenters. The van der Waals surface area contributed by atoms with Gasteiger partial charge in [-0.05, 0) is 60.7 Å². The Morgan fingerprint density at radius 2 is 1.23 bits per heavy atom. The van der Waals surface area contributed by atoms with Crippen molar-refractivity contribution in [3.05, 3.63) is 121 Å². The van der Waals surface area contributed by atoms with Crippen molar-refractivity contribution < 1.29 is 9.59 Å². The summed E-state index contributed by atoms with van der Waals surface area (Å²) < 4.78 is 0. The van der Waals surface area contributed by atoms with Gasteiger partial charge in [0, 0.05) is 28.8 Å². The van der Waals surface area contributed by atoms with Gasteiger partial charge in [0.05, 0.1) is 0 Å². The molecule has 1 N–H and O–H groups in total. The van der Waals surface area contributed by atoms with Crippen LogP contribution in [0.4, 0.5) is 17.1 Å². The van der Waals surface area contributed by atoms with E-state index in [0.717, 1.165) is 11.4 Å². The molecule has 0 bridgehead atoms. The zero-order chi connectivity index (χ0) is 20.8. The van der Waals surface area contributed by atoms with Gasteiger partial charge in [0.15, 0.2) is 0 Å². The topological polar surface area (TPSA) is 62.3 Å². The summed E-state index contributed by atoms with van der Waals surface area (Å²) in [6.07, 6.45) is 1.57. The number of benzene rings is 3. The number of amides is 2. The highest BCUT2D eigenvalue weighted by atomic mass is 16.2.